The largest absolute Gasteiger partial charge is 0.370 e. The van der Waals surface area contributed by atoms with Crippen LogP contribution in [0.1, 0.15) is 26.7 Å². The first kappa shape index (κ1) is 15.4. The average molecular weight is 257 g/mol. The summed E-state index contributed by atoms with van der Waals surface area (Å²) in [4.78, 5) is 14.3. The number of carbonyl (C=O) groups is 1. The topological polar surface area (TPSA) is 67.6 Å². The molecule has 0 aliphatic carbocycles. The van der Waals surface area contributed by atoms with Crippen LogP contribution >= 0.6 is 0 Å². The molecule has 0 aromatic rings. The lowest BCUT2D eigenvalue weighted by atomic mass is 10.0. The number of hydrogen-bond donors (Lipinski definition) is 2. The summed E-state index contributed by atoms with van der Waals surface area (Å²) in [5.74, 6) is 0.423. The fraction of sp³-hybridized carbons (Fsp3) is 0.923. The molecule has 0 spiro atoms. The number of hydrogen-bond acceptors (Lipinski definition) is 4. The second kappa shape index (κ2) is 7.71. The molecular weight excluding hydrogens is 230 g/mol. The van der Waals surface area contributed by atoms with E-state index in [-0.39, 0.29) is 12.5 Å². The standard InChI is InChI=1S/C13H27N3O2/c1-10(2)11(16-6-4-5-7-16)9-15-13(17)12(8-14)18-3/h10-12H,4-9,14H2,1-3H3,(H,15,17). The van der Waals surface area contributed by atoms with Gasteiger partial charge in [-0.25, -0.2) is 0 Å². The number of amides is 1. The first-order chi connectivity index (χ1) is 8.60. The molecule has 0 radical (unpaired) electrons. The van der Waals surface area contributed by atoms with Gasteiger partial charge < -0.3 is 15.8 Å². The van der Waals surface area contributed by atoms with Gasteiger partial charge in [-0.1, -0.05) is 13.8 Å². The molecule has 1 saturated heterocycles. The third kappa shape index (κ3) is 4.23. The van der Waals surface area contributed by atoms with E-state index in [1.807, 2.05) is 0 Å². The highest BCUT2D eigenvalue weighted by atomic mass is 16.5. The Morgan fingerprint density at radius 1 is 1.39 bits per heavy atom. The molecule has 5 heteroatoms. The fourth-order valence-corrected chi connectivity index (χ4v) is 2.49. The number of nitrogens with two attached hydrogens (primary N) is 1. The minimum Gasteiger partial charge on any atom is -0.370 e. The Morgan fingerprint density at radius 3 is 2.44 bits per heavy atom. The minimum atomic E-state index is -0.531. The Morgan fingerprint density at radius 2 is 2.00 bits per heavy atom. The van der Waals surface area contributed by atoms with Crippen molar-refractivity contribution in [3.8, 4) is 0 Å². The van der Waals surface area contributed by atoms with Crippen molar-refractivity contribution in [1.29, 1.82) is 0 Å². The fourth-order valence-electron chi connectivity index (χ4n) is 2.49. The lowest BCUT2D eigenvalue weighted by Gasteiger charge is -2.31. The Balaban J connectivity index is 2.44. The summed E-state index contributed by atoms with van der Waals surface area (Å²) in [6.07, 6.45) is 2.00. The molecule has 0 bridgehead atoms. The smallest absolute Gasteiger partial charge is 0.250 e. The van der Waals surface area contributed by atoms with Crippen LogP contribution in [-0.2, 0) is 9.53 Å². The Labute approximate surface area is 110 Å². The first-order valence-corrected chi connectivity index (χ1v) is 6.84. The minimum absolute atomic E-state index is 0.107. The molecule has 1 amide bonds. The van der Waals surface area contributed by atoms with E-state index < -0.39 is 6.10 Å². The van der Waals surface area contributed by atoms with Crippen LogP contribution in [0.25, 0.3) is 0 Å². The lowest BCUT2D eigenvalue weighted by Crippen LogP contribution is -2.49. The molecule has 5 nitrogen and oxygen atoms in total. The van der Waals surface area contributed by atoms with Gasteiger partial charge in [0.25, 0.3) is 0 Å². The van der Waals surface area contributed by atoms with Crippen LogP contribution in [0, 0.1) is 5.92 Å². The molecule has 18 heavy (non-hydrogen) atoms. The van der Waals surface area contributed by atoms with Gasteiger partial charge >= 0.3 is 0 Å². The third-order valence-electron chi connectivity index (χ3n) is 3.66. The van der Waals surface area contributed by atoms with E-state index in [4.69, 9.17) is 10.5 Å². The van der Waals surface area contributed by atoms with Gasteiger partial charge in [0.1, 0.15) is 6.10 Å². The second-order valence-corrected chi connectivity index (χ2v) is 5.26. The van der Waals surface area contributed by atoms with E-state index in [1.165, 1.54) is 20.0 Å². The van der Waals surface area contributed by atoms with Gasteiger partial charge in [-0.3, -0.25) is 9.69 Å². The van der Waals surface area contributed by atoms with E-state index in [1.54, 1.807) is 0 Å². The molecule has 1 aliphatic rings. The highest BCUT2D eigenvalue weighted by molar-refractivity contribution is 5.81. The van der Waals surface area contributed by atoms with Crippen LogP contribution in [0.2, 0.25) is 0 Å². The van der Waals surface area contributed by atoms with Crippen molar-refractivity contribution in [2.24, 2.45) is 11.7 Å². The number of ether oxygens (including phenoxy) is 1. The van der Waals surface area contributed by atoms with Crippen molar-refractivity contribution in [3.63, 3.8) is 0 Å². The van der Waals surface area contributed by atoms with Crippen LogP contribution in [0.4, 0.5) is 0 Å². The van der Waals surface area contributed by atoms with Gasteiger partial charge in [0.15, 0.2) is 0 Å². The van der Waals surface area contributed by atoms with Gasteiger partial charge in [-0.05, 0) is 31.8 Å². The summed E-state index contributed by atoms with van der Waals surface area (Å²) in [6, 6.07) is 0.409. The quantitative estimate of drug-likeness (QED) is 0.683. The van der Waals surface area contributed by atoms with Gasteiger partial charge in [0, 0.05) is 26.2 Å². The zero-order chi connectivity index (χ0) is 13.5. The van der Waals surface area contributed by atoms with Gasteiger partial charge in [-0.2, -0.15) is 0 Å². The number of carbonyl (C=O) groups excluding carboxylic acids is 1. The predicted octanol–water partition coefficient (Wildman–Crippen LogP) is 0.197. The van der Waals surface area contributed by atoms with Gasteiger partial charge in [0.05, 0.1) is 0 Å². The van der Waals surface area contributed by atoms with E-state index in [2.05, 4.69) is 24.1 Å². The van der Waals surface area contributed by atoms with E-state index in [0.717, 1.165) is 13.1 Å². The van der Waals surface area contributed by atoms with Crippen LogP contribution in [0.5, 0.6) is 0 Å². The first-order valence-electron chi connectivity index (χ1n) is 6.84. The van der Waals surface area contributed by atoms with Crippen molar-refractivity contribution >= 4 is 5.91 Å². The SMILES string of the molecule is COC(CN)C(=O)NCC(C(C)C)N1CCCC1. The maximum Gasteiger partial charge on any atom is 0.250 e. The number of nitrogens with one attached hydrogen (secondary N) is 1. The van der Waals surface area contributed by atoms with Crippen LogP contribution < -0.4 is 11.1 Å². The van der Waals surface area contributed by atoms with Crippen LogP contribution in [0.3, 0.4) is 0 Å². The van der Waals surface area contributed by atoms with Crippen molar-refractivity contribution in [1.82, 2.24) is 10.2 Å². The molecular formula is C13H27N3O2. The molecule has 1 fully saturated rings. The zero-order valence-corrected chi connectivity index (χ0v) is 11.8. The maximum atomic E-state index is 11.8. The van der Waals surface area contributed by atoms with E-state index >= 15 is 0 Å². The van der Waals surface area contributed by atoms with Crippen LogP contribution in [0.15, 0.2) is 0 Å². The Hall–Kier alpha value is -0.650. The Bertz CT molecular complexity index is 249. The molecule has 2 atom stereocenters. The normalized spacial score (nSPS) is 20.1. The molecule has 1 rings (SSSR count). The third-order valence-corrected chi connectivity index (χ3v) is 3.66. The highest BCUT2D eigenvalue weighted by Crippen LogP contribution is 2.17. The highest BCUT2D eigenvalue weighted by Gasteiger charge is 2.26. The molecule has 2 unspecified atom stereocenters. The monoisotopic (exact) mass is 257 g/mol. The molecule has 1 aliphatic heterocycles. The van der Waals surface area contributed by atoms with Gasteiger partial charge in [0.2, 0.25) is 5.91 Å². The molecule has 106 valence electrons. The summed E-state index contributed by atoms with van der Waals surface area (Å²) in [7, 11) is 1.51. The number of methoxy groups -OCH3 is 1. The summed E-state index contributed by atoms with van der Waals surface area (Å²) >= 11 is 0. The molecule has 0 saturated carbocycles. The maximum absolute atomic E-state index is 11.8. The second-order valence-electron chi connectivity index (χ2n) is 5.26. The molecule has 3 N–H and O–H groups in total. The number of likely N-dealkylation sites (tertiary alicyclic amines) is 1. The Kier molecular flexibility index (Phi) is 6.60. The van der Waals surface area contributed by atoms with Crippen molar-refractivity contribution in [2.45, 2.75) is 38.8 Å². The zero-order valence-electron chi connectivity index (χ0n) is 11.8. The van der Waals surface area contributed by atoms with E-state index in [9.17, 15) is 4.79 Å². The van der Waals surface area contributed by atoms with Crippen LogP contribution in [-0.4, -0.2) is 56.2 Å². The van der Waals surface area contributed by atoms with E-state index in [0.29, 0.717) is 18.5 Å². The number of nitrogens with zero attached hydrogens (tertiary/aromatic N) is 1. The van der Waals surface area contributed by atoms with Crippen molar-refractivity contribution in [2.75, 3.05) is 33.3 Å². The summed E-state index contributed by atoms with van der Waals surface area (Å²) < 4.78 is 5.03. The van der Waals surface area contributed by atoms with Crippen molar-refractivity contribution in [3.05, 3.63) is 0 Å². The lowest BCUT2D eigenvalue weighted by molar-refractivity contribution is -0.130. The number of rotatable bonds is 7. The average Bonchev–Trinajstić information content (AvgIpc) is 2.84. The van der Waals surface area contributed by atoms with Gasteiger partial charge in [-0.15, -0.1) is 0 Å². The predicted molar refractivity (Wildman–Crippen MR) is 72.3 cm³/mol. The summed E-state index contributed by atoms with van der Waals surface area (Å²) in [6.45, 7) is 7.58. The molecule has 1 heterocycles. The molecule has 0 aromatic carbocycles. The summed E-state index contributed by atoms with van der Waals surface area (Å²) in [5, 5.41) is 2.96. The van der Waals surface area contributed by atoms with Crippen molar-refractivity contribution < 1.29 is 9.53 Å². The molecule has 0 aromatic heterocycles. The summed E-state index contributed by atoms with van der Waals surface area (Å²) in [5.41, 5.74) is 5.48.